The Kier molecular flexibility index (Phi) is 10.7. The fourth-order valence-electron chi connectivity index (χ4n) is 3.11. The summed E-state index contributed by atoms with van der Waals surface area (Å²) in [5.41, 5.74) is 8.64. The van der Waals surface area contributed by atoms with E-state index in [1.165, 1.54) is 6.07 Å². The number of alkyl halides is 3. The topological polar surface area (TPSA) is 148 Å². The number of ether oxygens (including phenoxy) is 2. The molecule has 12 heteroatoms. The van der Waals surface area contributed by atoms with E-state index in [0.717, 1.165) is 16.7 Å². The molecule has 0 atom stereocenters. The van der Waals surface area contributed by atoms with Gasteiger partial charge in [-0.15, -0.1) is 0 Å². The highest BCUT2D eigenvalue weighted by Gasteiger charge is 2.38. The van der Waals surface area contributed by atoms with Crippen LogP contribution >= 0.6 is 0 Å². The Morgan fingerprint density at radius 3 is 2.13 bits per heavy atom. The molecule has 0 radical (unpaired) electrons. The monoisotopic (exact) mass is 534 g/mol. The highest BCUT2D eigenvalue weighted by molar-refractivity contribution is 5.93. The predicted molar refractivity (Wildman–Crippen MR) is 132 cm³/mol. The molecule has 0 aliphatic carbocycles. The molecule has 0 saturated heterocycles. The fourth-order valence-corrected chi connectivity index (χ4v) is 3.11. The lowest BCUT2D eigenvalue weighted by atomic mass is 10.0. The number of amides is 1. The first-order valence-electron chi connectivity index (χ1n) is 11.0. The summed E-state index contributed by atoms with van der Waals surface area (Å²) in [5.74, 6) is -2.81. The van der Waals surface area contributed by atoms with Gasteiger partial charge in [0.15, 0.2) is 11.5 Å². The molecule has 3 rings (SSSR count). The molecule has 0 fully saturated rings. The minimum atomic E-state index is -5.08. The molecule has 9 nitrogen and oxygen atoms in total. The molecule has 3 aromatic carbocycles. The number of nitrogens with two attached hydrogens (primary N) is 1. The third-order valence-electron chi connectivity index (χ3n) is 4.80. The molecule has 3 aromatic rings. The van der Waals surface area contributed by atoms with Gasteiger partial charge in [-0.2, -0.15) is 13.2 Å². The van der Waals surface area contributed by atoms with Gasteiger partial charge in [-0.05, 0) is 53.1 Å². The summed E-state index contributed by atoms with van der Waals surface area (Å²) in [5, 5.41) is 19.2. The molecule has 0 unspecified atom stereocenters. The van der Waals surface area contributed by atoms with E-state index in [-0.39, 0.29) is 17.9 Å². The molecular weight excluding hydrogens is 509 g/mol. The van der Waals surface area contributed by atoms with Gasteiger partial charge in [0.25, 0.3) is 0 Å². The molecule has 0 bridgehead atoms. The number of carbonyl (C=O) groups excluding carboxylic acids is 1. The Labute approximate surface area is 215 Å². The number of methoxy groups -OCH3 is 1. The van der Waals surface area contributed by atoms with Crippen LogP contribution in [-0.4, -0.2) is 54.5 Å². The van der Waals surface area contributed by atoms with E-state index < -0.39 is 18.1 Å². The maximum absolute atomic E-state index is 12.6. The maximum Gasteiger partial charge on any atom is 0.490 e. The second kappa shape index (κ2) is 13.7. The summed E-state index contributed by atoms with van der Waals surface area (Å²) >= 11 is 0. The number of nitrogens with one attached hydrogen (secondary N) is 1. The van der Waals surface area contributed by atoms with Crippen molar-refractivity contribution in [2.45, 2.75) is 12.6 Å². The summed E-state index contributed by atoms with van der Waals surface area (Å²) in [6.07, 6.45) is -4.92. The minimum absolute atomic E-state index is 0.159. The molecule has 38 heavy (non-hydrogen) atoms. The van der Waals surface area contributed by atoms with Crippen molar-refractivity contribution in [1.82, 2.24) is 0 Å². The number of halogens is 3. The Bertz CT molecular complexity index is 1280. The van der Waals surface area contributed by atoms with Crippen LogP contribution in [0.2, 0.25) is 0 Å². The first kappa shape index (κ1) is 29.6. The number of carboxylic acids is 2. The quantitative estimate of drug-likeness (QED) is 0.319. The zero-order valence-electron chi connectivity index (χ0n) is 20.1. The van der Waals surface area contributed by atoms with Gasteiger partial charge >= 0.3 is 18.1 Å². The standard InChI is InChI=1S/C24H24N2O5.C2HF3O2/c1-30-22-12-16(8-9-21(22)31-11-10-25)13-23(27)26-20-7-3-5-18(15-20)17-4-2-6-19(14-17)24(28)29;3-2(4,5)1(6)7/h2-9,12,14-15H,10-11,13,25H2,1H3,(H,26,27)(H,28,29);(H,6,7). The van der Waals surface area contributed by atoms with Crippen LogP contribution in [0.1, 0.15) is 15.9 Å². The molecule has 0 spiro atoms. The number of benzene rings is 3. The van der Waals surface area contributed by atoms with Crippen LogP contribution in [0.4, 0.5) is 18.9 Å². The number of carboxylic acid groups (broad SMARTS) is 2. The van der Waals surface area contributed by atoms with Gasteiger partial charge in [0.05, 0.1) is 19.1 Å². The predicted octanol–water partition coefficient (Wildman–Crippen LogP) is 4.21. The van der Waals surface area contributed by atoms with E-state index >= 15 is 0 Å². The maximum atomic E-state index is 12.6. The van der Waals surface area contributed by atoms with Crippen molar-refractivity contribution in [2.75, 3.05) is 25.6 Å². The van der Waals surface area contributed by atoms with Crippen molar-refractivity contribution in [3.05, 3.63) is 77.9 Å². The van der Waals surface area contributed by atoms with E-state index in [1.54, 1.807) is 37.4 Å². The van der Waals surface area contributed by atoms with Crippen molar-refractivity contribution in [3.63, 3.8) is 0 Å². The molecule has 5 N–H and O–H groups in total. The van der Waals surface area contributed by atoms with Gasteiger partial charge in [-0.25, -0.2) is 9.59 Å². The smallest absolute Gasteiger partial charge is 0.490 e. The molecule has 0 aromatic heterocycles. The van der Waals surface area contributed by atoms with Crippen molar-refractivity contribution >= 4 is 23.5 Å². The third kappa shape index (κ3) is 9.13. The summed E-state index contributed by atoms with van der Waals surface area (Å²) in [6, 6.07) is 19.3. The van der Waals surface area contributed by atoms with E-state index in [0.29, 0.717) is 30.3 Å². The molecule has 0 heterocycles. The lowest BCUT2D eigenvalue weighted by Crippen LogP contribution is -2.21. The highest BCUT2D eigenvalue weighted by Crippen LogP contribution is 2.28. The molecule has 202 valence electrons. The number of anilines is 1. The summed E-state index contributed by atoms with van der Waals surface area (Å²) in [6.45, 7) is 0.773. The lowest BCUT2D eigenvalue weighted by molar-refractivity contribution is -0.192. The van der Waals surface area contributed by atoms with Crippen LogP contribution in [0, 0.1) is 0 Å². The Balaban J connectivity index is 0.000000638. The summed E-state index contributed by atoms with van der Waals surface area (Å²) in [7, 11) is 1.54. The number of rotatable bonds is 9. The van der Waals surface area contributed by atoms with Crippen molar-refractivity contribution in [3.8, 4) is 22.6 Å². The van der Waals surface area contributed by atoms with E-state index in [9.17, 15) is 27.9 Å². The average molecular weight is 534 g/mol. The first-order valence-corrected chi connectivity index (χ1v) is 11.0. The molecule has 1 amide bonds. The summed E-state index contributed by atoms with van der Waals surface area (Å²) in [4.78, 5) is 32.7. The minimum Gasteiger partial charge on any atom is -0.493 e. The third-order valence-corrected chi connectivity index (χ3v) is 4.80. The van der Waals surface area contributed by atoms with Crippen molar-refractivity contribution in [2.24, 2.45) is 5.73 Å². The second-order valence-corrected chi connectivity index (χ2v) is 7.62. The van der Waals surface area contributed by atoms with Crippen LogP contribution in [0.15, 0.2) is 66.7 Å². The molecule has 0 saturated carbocycles. The first-order chi connectivity index (χ1) is 17.9. The van der Waals surface area contributed by atoms with Crippen LogP contribution in [0.25, 0.3) is 11.1 Å². The number of hydrogen-bond donors (Lipinski definition) is 4. The Hall–Kier alpha value is -4.58. The van der Waals surface area contributed by atoms with Gasteiger partial charge in [-0.1, -0.05) is 30.3 Å². The summed E-state index contributed by atoms with van der Waals surface area (Å²) < 4.78 is 42.6. The highest BCUT2D eigenvalue weighted by atomic mass is 19.4. The van der Waals surface area contributed by atoms with Crippen LogP contribution in [0.3, 0.4) is 0 Å². The van der Waals surface area contributed by atoms with E-state index in [2.05, 4.69) is 5.32 Å². The van der Waals surface area contributed by atoms with E-state index in [4.69, 9.17) is 25.1 Å². The lowest BCUT2D eigenvalue weighted by Gasteiger charge is -2.12. The molecule has 0 aliphatic rings. The number of hydrogen-bond acceptors (Lipinski definition) is 6. The van der Waals surface area contributed by atoms with Crippen LogP contribution in [0.5, 0.6) is 11.5 Å². The zero-order valence-corrected chi connectivity index (χ0v) is 20.1. The van der Waals surface area contributed by atoms with E-state index in [1.807, 2.05) is 30.3 Å². The van der Waals surface area contributed by atoms with Gasteiger partial charge in [0.2, 0.25) is 5.91 Å². The number of aliphatic carboxylic acids is 1. The largest absolute Gasteiger partial charge is 0.493 e. The van der Waals surface area contributed by atoms with Gasteiger partial charge in [-0.3, -0.25) is 4.79 Å². The zero-order chi connectivity index (χ0) is 28.3. The fraction of sp³-hybridized carbons (Fsp3) is 0.192. The molecule has 0 aliphatic heterocycles. The Morgan fingerprint density at radius 2 is 1.55 bits per heavy atom. The average Bonchev–Trinajstić information content (AvgIpc) is 2.87. The van der Waals surface area contributed by atoms with Crippen LogP contribution < -0.4 is 20.5 Å². The van der Waals surface area contributed by atoms with Crippen molar-refractivity contribution in [1.29, 1.82) is 0 Å². The second-order valence-electron chi connectivity index (χ2n) is 7.62. The molecular formula is C26H25F3N2O7. The van der Waals surface area contributed by atoms with Gasteiger partial charge in [0.1, 0.15) is 6.61 Å². The SMILES string of the molecule is COc1cc(CC(=O)Nc2cccc(-c3cccc(C(=O)O)c3)c2)ccc1OCCN.O=C(O)C(F)(F)F. The van der Waals surface area contributed by atoms with Crippen LogP contribution in [-0.2, 0) is 16.0 Å². The van der Waals surface area contributed by atoms with Gasteiger partial charge in [0, 0.05) is 12.2 Å². The number of carbonyl (C=O) groups is 3. The normalized spacial score (nSPS) is 10.6. The Morgan fingerprint density at radius 1 is 0.921 bits per heavy atom. The number of aromatic carboxylic acids is 1. The van der Waals surface area contributed by atoms with Gasteiger partial charge < -0.3 is 30.7 Å². The van der Waals surface area contributed by atoms with Crippen molar-refractivity contribution < 1.29 is 47.2 Å².